The van der Waals surface area contributed by atoms with Gasteiger partial charge in [0.1, 0.15) is 6.04 Å². The highest BCUT2D eigenvalue weighted by Gasteiger charge is 2.34. The number of rotatable bonds is 4. The van der Waals surface area contributed by atoms with Crippen LogP contribution in [0.5, 0.6) is 0 Å². The van der Waals surface area contributed by atoms with E-state index in [0.29, 0.717) is 13.2 Å². The van der Waals surface area contributed by atoms with Gasteiger partial charge >= 0.3 is 6.03 Å². The minimum atomic E-state index is -0.716. The fourth-order valence-corrected chi connectivity index (χ4v) is 2.08. The molecular formula is C12H23N3O4. The second-order valence-corrected chi connectivity index (χ2v) is 5.21. The smallest absolute Gasteiger partial charge is 0.312 e. The van der Waals surface area contributed by atoms with Crippen LogP contribution in [-0.2, 0) is 9.53 Å². The molecule has 0 aromatic rings. The number of urea groups is 1. The first-order chi connectivity index (χ1) is 8.86. The molecule has 1 rings (SSSR count). The molecule has 110 valence electrons. The van der Waals surface area contributed by atoms with E-state index < -0.39 is 12.1 Å². The van der Waals surface area contributed by atoms with Gasteiger partial charge in [-0.05, 0) is 12.8 Å². The lowest BCUT2D eigenvalue weighted by atomic mass is 10.0. The van der Waals surface area contributed by atoms with Gasteiger partial charge in [0, 0.05) is 6.54 Å². The van der Waals surface area contributed by atoms with E-state index in [-0.39, 0.29) is 30.6 Å². The number of nitrogens with two attached hydrogens (primary N) is 1. The van der Waals surface area contributed by atoms with Gasteiger partial charge in [-0.25, -0.2) is 4.79 Å². The van der Waals surface area contributed by atoms with Crippen molar-refractivity contribution < 1.29 is 19.4 Å². The Labute approximate surface area is 113 Å². The van der Waals surface area contributed by atoms with Gasteiger partial charge in [-0.1, -0.05) is 13.8 Å². The monoisotopic (exact) mass is 273 g/mol. The normalized spacial score (nSPS) is 25.2. The van der Waals surface area contributed by atoms with Crippen LogP contribution in [0.4, 0.5) is 4.79 Å². The summed E-state index contributed by atoms with van der Waals surface area (Å²) in [6, 6.07) is -1.46. The predicted molar refractivity (Wildman–Crippen MR) is 69.3 cm³/mol. The van der Waals surface area contributed by atoms with Gasteiger partial charge in [0.15, 0.2) is 0 Å². The molecule has 3 unspecified atom stereocenters. The number of nitrogens with one attached hydrogen (secondary N) is 1. The molecule has 0 aliphatic carbocycles. The molecule has 1 aliphatic rings. The number of ether oxygens (including phenoxy) is 1. The van der Waals surface area contributed by atoms with E-state index in [2.05, 4.69) is 5.32 Å². The number of morpholine rings is 1. The molecule has 3 atom stereocenters. The van der Waals surface area contributed by atoms with Crippen LogP contribution in [0.2, 0.25) is 0 Å². The highest BCUT2D eigenvalue weighted by molar-refractivity contribution is 5.87. The van der Waals surface area contributed by atoms with Crippen molar-refractivity contribution in [3.05, 3.63) is 0 Å². The zero-order valence-electron chi connectivity index (χ0n) is 11.6. The number of nitrogens with zero attached hydrogens (tertiary/aromatic N) is 1. The second-order valence-electron chi connectivity index (χ2n) is 5.21. The minimum absolute atomic E-state index is 0.0670. The summed E-state index contributed by atoms with van der Waals surface area (Å²) in [6.07, 6.45) is -0.374. The van der Waals surface area contributed by atoms with Gasteiger partial charge in [0.25, 0.3) is 0 Å². The zero-order chi connectivity index (χ0) is 14.6. The van der Waals surface area contributed by atoms with E-state index in [4.69, 9.17) is 15.6 Å². The summed E-state index contributed by atoms with van der Waals surface area (Å²) < 4.78 is 5.39. The molecular weight excluding hydrogens is 250 g/mol. The number of primary amides is 1. The molecule has 0 bridgehead atoms. The number of hydrogen-bond acceptors (Lipinski definition) is 4. The standard InChI is InChI=1S/C12H23N3O4/c1-7(2)10(14-12(13)18)11(17)15-4-9(5-16)19-6-8(15)3/h7-10,16H,4-6H2,1-3H3,(H3,13,14,18). The Morgan fingerprint density at radius 3 is 2.63 bits per heavy atom. The Hall–Kier alpha value is -1.34. The lowest BCUT2D eigenvalue weighted by Crippen LogP contribution is -2.59. The minimum Gasteiger partial charge on any atom is -0.394 e. The van der Waals surface area contributed by atoms with Crippen LogP contribution in [0, 0.1) is 5.92 Å². The molecule has 1 fully saturated rings. The van der Waals surface area contributed by atoms with Gasteiger partial charge in [0.2, 0.25) is 5.91 Å². The van der Waals surface area contributed by atoms with Crippen LogP contribution < -0.4 is 11.1 Å². The van der Waals surface area contributed by atoms with Crippen molar-refractivity contribution in [1.29, 1.82) is 0 Å². The molecule has 0 saturated carbocycles. The Morgan fingerprint density at radius 1 is 1.53 bits per heavy atom. The SMILES string of the molecule is CC(C)C(NC(N)=O)C(=O)N1CC(CO)OCC1C. The largest absolute Gasteiger partial charge is 0.394 e. The maximum atomic E-state index is 12.5. The summed E-state index contributed by atoms with van der Waals surface area (Å²) in [7, 11) is 0. The predicted octanol–water partition coefficient (Wildman–Crippen LogP) is -0.712. The molecule has 0 spiro atoms. The first-order valence-corrected chi connectivity index (χ1v) is 6.45. The van der Waals surface area contributed by atoms with Gasteiger partial charge in [-0.3, -0.25) is 4.79 Å². The number of hydrogen-bond donors (Lipinski definition) is 3. The topological polar surface area (TPSA) is 105 Å². The number of carbonyl (C=O) groups excluding carboxylic acids is 2. The van der Waals surface area contributed by atoms with Crippen LogP contribution >= 0.6 is 0 Å². The van der Waals surface area contributed by atoms with Crippen molar-refractivity contribution in [3.63, 3.8) is 0 Å². The summed E-state index contributed by atoms with van der Waals surface area (Å²) >= 11 is 0. The number of aliphatic hydroxyl groups excluding tert-OH is 1. The van der Waals surface area contributed by atoms with Gasteiger partial charge in [-0.15, -0.1) is 0 Å². The number of carbonyl (C=O) groups is 2. The third kappa shape index (κ3) is 4.07. The van der Waals surface area contributed by atoms with Gasteiger partial charge in [0.05, 0.1) is 25.4 Å². The lowest BCUT2D eigenvalue weighted by Gasteiger charge is -2.39. The molecule has 7 heteroatoms. The molecule has 0 aromatic carbocycles. The average molecular weight is 273 g/mol. The molecule has 0 radical (unpaired) electrons. The third-order valence-electron chi connectivity index (χ3n) is 3.22. The molecule has 4 N–H and O–H groups in total. The zero-order valence-corrected chi connectivity index (χ0v) is 11.6. The summed E-state index contributed by atoms with van der Waals surface area (Å²) in [5.41, 5.74) is 5.10. The van der Waals surface area contributed by atoms with Crippen LogP contribution in [0.15, 0.2) is 0 Å². The maximum absolute atomic E-state index is 12.5. The van der Waals surface area contributed by atoms with E-state index >= 15 is 0 Å². The van der Waals surface area contributed by atoms with Crippen molar-refractivity contribution in [2.75, 3.05) is 19.8 Å². The van der Waals surface area contributed by atoms with Crippen LogP contribution in [0.25, 0.3) is 0 Å². The van der Waals surface area contributed by atoms with E-state index in [1.165, 1.54) is 0 Å². The number of aliphatic hydroxyl groups is 1. The van der Waals surface area contributed by atoms with E-state index in [9.17, 15) is 9.59 Å². The van der Waals surface area contributed by atoms with Crippen molar-refractivity contribution in [2.45, 2.75) is 39.0 Å². The van der Waals surface area contributed by atoms with Crippen molar-refractivity contribution in [3.8, 4) is 0 Å². The Kier molecular flexibility index (Phi) is 5.56. The Balaban J connectivity index is 2.79. The van der Waals surface area contributed by atoms with E-state index in [1.54, 1.807) is 4.90 Å². The summed E-state index contributed by atoms with van der Waals surface area (Å²) in [5.74, 6) is -0.259. The van der Waals surface area contributed by atoms with Crippen molar-refractivity contribution in [2.24, 2.45) is 11.7 Å². The quantitative estimate of drug-likeness (QED) is 0.629. The Morgan fingerprint density at radius 2 is 2.16 bits per heavy atom. The van der Waals surface area contributed by atoms with Gasteiger partial charge < -0.3 is 25.8 Å². The molecule has 1 saturated heterocycles. The van der Waals surface area contributed by atoms with Crippen molar-refractivity contribution >= 4 is 11.9 Å². The third-order valence-corrected chi connectivity index (χ3v) is 3.22. The maximum Gasteiger partial charge on any atom is 0.312 e. The highest BCUT2D eigenvalue weighted by atomic mass is 16.5. The lowest BCUT2D eigenvalue weighted by molar-refractivity contribution is -0.149. The van der Waals surface area contributed by atoms with E-state index in [1.807, 2.05) is 20.8 Å². The number of amides is 3. The highest BCUT2D eigenvalue weighted by Crippen LogP contribution is 2.15. The van der Waals surface area contributed by atoms with Gasteiger partial charge in [-0.2, -0.15) is 0 Å². The van der Waals surface area contributed by atoms with Crippen LogP contribution in [0.1, 0.15) is 20.8 Å². The molecule has 0 aromatic heterocycles. The van der Waals surface area contributed by atoms with Crippen molar-refractivity contribution in [1.82, 2.24) is 10.2 Å². The molecule has 19 heavy (non-hydrogen) atoms. The van der Waals surface area contributed by atoms with Crippen LogP contribution in [-0.4, -0.2) is 59.9 Å². The molecule has 1 aliphatic heterocycles. The summed E-state index contributed by atoms with van der Waals surface area (Å²) in [4.78, 5) is 25.1. The second kappa shape index (κ2) is 6.72. The molecule has 3 amide bonds. The first-order valence-electron chi connectivity index (χ1n) is 6.45. The molecule has 1 heterocycles. The molecule has 7 nitrogen and oxygen atoms in total. The van der Waals surface area contributed by atoms with E-state index in [0.717, 1.165) is 0 Å². The average Bonchev–Trinajstić information content (AvgIpc) is 2.35. The summed E-state index contributed by atoms with van der Waals surface area (Å²) in [6.45, 7) is 6.11. The fourth-order valence-electron chi connectivity index (χ4n) is 2.08. The fraction of sp³-hybridized carbons (Fsp3) is 0.833. The first kappa shape index (κ1) is 15.7. The summed E-state index contributed by atoms with van der Waals surface area (Å²) in [5, 5.41) is 11.6. The Bertz CT molecular complexity index is 335. The van der Waals surface area contributed by atoms with Crippen LogP contribution in [0.3, 0.4) is 0 Å².